The van der Waals surface area contributed by atoms with Gasteiger partial charge in [-0.3, -0.25) is 0 Å². The van der Waals surface area contributed by atoms with E-state index >= 15 is 0 Å². The summed E-state index contributed by atoms with van der Waals surface area (Å²) in [5.74, 6) is 1.70. The fourth-order valence-corrected chi connectivity index (χ4v) is 3.07. The summed E-state index contributed by atoms with van der Waals surface area (Å²) in [7, 11) is 1.60. The minimum Gasteiger partial charge on any atom is -0.497 e. The van der Waals surface area contributed by atoms with Crippen molar-refractivity contribution in [2.45, 2.75) is 19.9 Å². The highest BCUT2D eigenvalue weighted by Gasteiger charge is 2.29. The Morgan fingerprint density at radius 3 is 2.92 bits per heavy atom. The maximum Gasteiger partial charge on any atom is 0.513 e. The van der Waals surface area contributed by atoms with Crippen molar-refractivity contribution < 1.29 is 19.0 Å². The van der Waals surface area contributed by atoms with Crippen LogP contribution in [0.15, 0.2) is 51.6 Å². The molecule has 1 aromatic carbocycles. The lowest BCUT2D eigenvalue weighted by molar-refractivity contribution is 0.0763. The van der Waals surface area contributed by atoms with E-state index in [9.17, 15) is 4.79 Å². The van der Waals surface area contributed by atoms with Gasteiger partial charge >= 0.3 is 6.16 Å². The van der Waals surface area contributed by atoms with Crippen LogP contribution in [-0.2, 0) is 9.47 Å². The Balaban J connectivity index is 2.01. The maximum atomic E-state index is 11.9. The molecule has 2 heterocycles. The van der Waals surface area contributed by atoms with Crippen molar-refractivity contribution in [1.82, 2.24) is 10.3 Å². The highest BCUT2D eigenvalue weighted by molar-refractivity contribution is 7.07. The molecule has 1 N–H and O–H groups in total. The normalized spacial score (nSPS) is 16.6. The molecule has 0 saturated carbocycles. The van der Waals surface area contributed by atoms with Crippen LogP contribution in [0.3, 0.4) is 0 Å². The molecule has 0 aliphatic carbocycles. The molecular formula is C18H19N3O4S. The van der Waals surface area contributed by atoms with Crippen LogP contribution in [0.4, 0.5) is 4.79 Å². The van der Waals surface area contributed by atoms with E-state index in [0.29, 0.717) is 23.0 Å². The molecule has 0 radical (unpaired) electrons. The Labute approximate surface area is 155 Å². The number of carbonyl (C=O) groups excluding carboxylic acids is 1. The summed E-state index contributed by atoms with van der Waals surface area (Å²) < 4.78 is 15.7. The van der Waals surface area contributed by atoms with E-state index in [-0.39, 0.29) is 6.61 Å². The molecule has 1 aliphatic heterocycles. The number of rotatable bonds is 5. The van der Waals surface area contributed by atoms with Gasteiger partial charge in [0.25, 0.3) is 0 Å². The maximum absolute atomic E-state index is 11.9. The molecule has 0 amide bonds. The van der Waals surface area contributed by atoms with Crippen LogP contribution in [0.1, 0.15) is 31.1 Å². The number of benzene rings is 1. The molecule has 1 aromatic heterocycles. The van der Waals surface area contributed by atoms with Crippen LogP contribution in [0.2, 0.25) is 0 Å². The number of ether oxygens (including phenoxy) is 3. The van der Waals surface area contributed by atoms with Gasteiger partial charge in [0, 0.05) is 5.38 Å². The van der Waals surface area contributed by atoms with Crippen molar-refractivity contribution in [3.05, 3.63) is 57.9 Å². The lowest BCUT2D eigenvalue weighted by atomic mass is 10.0. The standard InChI is InChI=1S/C18H19N3O4S/c1-4-24-18(22)25-16-11(2)20-17(14-9-26-10-19-14)21-15(16)12-6-5-7-13(8-12)23-3/h5-10,15H,4H2,1-3H3,(H,20,21). The largest absolute Gasteiger partial charge is 0.513 e. The second-order valence-corrected chi connectivity index (χ2v) is 6.15. The van der Waals surface area contributed by atoms with E-state index in [2.05, 4.69) is 10.3 Å². The smallest absolute Gasteiger partial charge is 0.497 e. The van der Waals surface area contributed by atoms with E-state index in [4.69, 9.17) is 19.2 Å². The predicted octanol–water partition coefficient (Wildman–Crippen LogP) is 3.65. The number of nitrogens with zero attached hydrogens (tertiary/aromatic N) is 2. The van der Waals surface area contributed by atoms with Crippen molar-refractivity contribution >= 4 is 23.3 Å². The predicted molar refractivity (Wildman–Crippen MR) is 98.3 cm³/mol. The average molecular weight is 373 g/mol. The van der Waals surface area contributed by atoms with Crippen LogP contribution in [0, 0.1) is 0 Å². The van der Waals surface area contributed by atoms with Crippen LogP contribution < -0.4 is 10.1 Å². The summed E-state index contributed by atoms with van der Waals surface area (Å²) in [4.78, 5) is 20.9. The zero-order chi connectivity index (χ0) is 18.5. The molecule has 0 fully saturated rings. The number of thiazole rings is 1. The topological polar surface area (TPSA) is 82.0 Å². The van der Waals surface area contributed by atoms with Crippen LogP contribution in [0.5, 0.6) is 5.75 Å². The first kappa shape index (κ1) is 17.9. The summed E-state index contributed by atoms with van der Waals surface area (Å²) in [5.41, 5.74) is 3.97. The molecule has 3 rings (SSSR count). The number of aromatic nitrogens is 1. The lowest BCUT2D eigenvalue weighted by Gasteiger charge is -2.25. The number of hydrogen-bond donors (Lipinski definition) is 1. The van der Waals surface area contributed by atoms with Crippen molar-refractivity contribution in [2.75, 3.05) is 13.7 Å². The number of carbonyl (C=O) groups is 1. The monoisotopic (exact) mass is 373 g/mol. The highest BCUT2D eigenvalue weighted by atomic mass is 32.1. The summed E-state index contributed by atoms with van der Waals surface area (Å²) in [6, 6.07) is 6.96. The minimum absolute atomic E-state index is 0.232. The molecule has 8 heteroatoms. The van der Waals surface area contributed by atoms with Gasteiger partial charge in [0.15, 0.2) is 11.6 Å². The van der Waals surface area contributed by atoms with E-state index < -0.39 is 12.2 Å². The fourth-order valence-electron chi connectivity index (χ4n) is 2.53. The van der Waals surface area contributed by atoms with Crippen molar-refractivity contribution in [1.29, 1.82) is 0 Å². The summed E-state index contributed by atoms with van der Waals surface area (Å²) in [6.07, 6.45) is -0.760. The zero-order valence-corrected chi connectivity index (χ0v) is 15.5. The van der Waals surface area contributed by atoms with Gasteiger partial charge in [-0.15, -0.1) is 11.3 Å². The number of aliphatic imine (C=N–C) groups is 1. The molecule has 0 saturated heterocycles. The third-order valence-electron chi connectivity index (χ3n) is 3.72. The average Bonchev–Trinajstić information content (AvgIpc) is 3.18. The molecule has 7 nitrogen and oxygen atoms in total. The van der Waals surface area contributed by atoms with Crippen LogP contribution in [0.25, 0.3) is 0 Å². The number of hydrogen-bond acceptors (Lipinski definition) is 8. The molecule has 1 atom stereocenters. The third-order valence-corrected chi connectivity index (χ3v) is 4.31. The third kappa shape index (κ3) is 3.85. The lowest BCUT2D eigenvalue weighted by Crippen LogP contribution is -2.31. The Morgan fingerprint density at radius 1 is 1.38 bits per heavy atom. The molecule has 2 aromatic rings. The second-order valence-electron chi connectivity index (χ2n) is 5.43. The van der Waals surface area contributed by atoms with E-state index in [1.807, 2.05) is 36.6 Å². The quantitative estimate of drug-likeness (QED) is 0.806. The molecule has 0 spiro atoms. The minimum atomic E-state index is -0.760. The van der Waals surface area contributed by atoms with E-state index in [0.717, 1.165) is 11.3 Å². The van der Waals surface area contributed by atoms with Crippen LogP contribution >= 0.6 is 11.3 Å². The zero-order valence-electron chi connectivity index (χ0n) is 14.7. The Kier molecular flexibility index (Phi) is 5.52. The van der Waals surface area contributed by atoms with Gasteiger partial charge in [-0.2, -0.15) is 0 Å². The van der Waals surface area contributed by atoms with E-state index in [1.54, 1.807) is 19.5 Å². The number of nitrogens with one attached hydrogen (secondary N) is 1. The molecular weight excluding hydrogens is 354 g/mol. The van der Waals surface area contributed by atoms with Gasteiger partial charge in [-0.25, -0.2) is 14.8 Å². The Morgan fingerprint density at radius 2 is 2.23 bits per heavy atom. The molecule has 26 heavy (non-hydrogen) atoms. The van der Waals surface area contributed by atoms with Gasteiger partial charge in [0.1, 0.15) is 17.5 Å². The first-order valence-electron chi connectivity index (χ1n) is 8.05. The van der Waals surface area contributed by atoms with Gasteiger partial charge < -0.3 is 19.5 Å². The SMILES string of the molecule is CCOC(=O)OC1=C(C)NC(c2cscn2)=NC1c1cccc(OC)c1. The van der Waals surface area contributed by atoms with Crippen molar-refractivity contribution in [3.63, 3.8) is 0 Å². The first-order chi connectivity index (χ1) is 12.6. The number of allylic oxidation sites excluding steroid dienone is 1. The van der Waals surface area contributed by atoms with Crippen molar-refractivity contribution in [3.8, 4) is 5.75 Å². The van der Waals surface area contributed by atoms with Crippen molar-refractivity contribution in [2.24, 2.45) is 4.99 Å². The fraction of sp³-hybridized carbons (Fsp3) is 0.278. The summed E-state index contributed by atoms with van der Waals surface area (Å²) >= 11 is 1.48. The number of methoxy groups -OCH3 is 1. The van der Waals surface area contributed by atoms with Gasteiger partial charge in [-0.05, 0) is 31.5 Å². The Hall–Kier alpha value is -2.87. The molecule has 1 unspecified atom stereocenters. The second kappa shape index (κ2) is 8.01. The highest BCUT2D eigenvalue weighted by Crippen LogP contribution is 2.33. The van der Waals surface area contributed by atoms with Gasteiger partial charge in [-0.1, -0.05) is 12.1 Å². The molecule has 136 valence electrons. The Bertz CT molecular complexity index is 846. The molecule has 0 bridgehead atoms. The first-order valence-corrected chi connectivity index (χ1v) is 8.99. The van der Waals surface area contributed by atoms with E-state index in [1.165, 1.54) is 11.3 Å². The van der Waals surface area contributed by atoms with Gasteiger partial charge in [0.2, 0.25) is 0 Å². The summed E-state index contributed by atoms with van der Waals surface area (Å²) in [5, 5.41) is 5.06. The number of amidine groups is 1. The van der Waals surface area contributed by atoms with Crippen LogP contribution in [-0.4, -0.2) is 30.7 Å². The molecule has 1 aliphatic rings. The summed E-state index contributed by atoms with van der Waals surface area (Å²) in [6.45, 7) is 3.78. The van der Waals surface area contributed by atoms with Gasteiger partial charge in [0.05, 0.1) is 24.9 Å².